The molecule has 2 unspecified atom stereocenters. The van der Waals surface area contributed by atoms with Crippen LogP contribution >= 0.6 is 12.4 Å². The molecule has 0 aliphatic carbocycles. The molecular formula is C16H29ClN4O3. The zero-order valence-corrected chi connectivity index (χ0v) is 15.5. The average molecular weight is 361 g/mol. The van der Waals surface area contributed by atoms with Crippen molar-refractivity contribution in [2.75, 3.05) is 19.6 Å². The van der Waals surface area contributed by atoms with E-state index in [0.29, 0.717) is 25.9 Å². The maximum Gasteiger partial charge on any atom is 0.325 e. The molecule has 0 radical (unpaired) electrons. The van der Waals surface area contributed by atoms with Gasteiger partial charge in [-0.05, 0) is 38.5 Å². The SMILES string of the molecule is CCC1(CC)NC(=O)N(CC(=O)N2CCCC(C(C)N)C2)C1=O.Cl. The van der Waals surface area contributed by atoms with Crippen molar-refractivity contribution in [1.29, 1.82) is 0 Å². The number of rotatable bonds is 5. The number of halogens is 1. The van der Waals surface area contributed by atoms with Crippen LogP contribution in [-0.2, 0) is 9.59 Å². The lowest BCUT2D eigenvalue weighted by molar-refractivity contribution is -0.140. The molecule has 2 heterocycles. The molecule has 4 amide bonds. The topological polar surface area (TPSA) is 95.7 Å². The highest BCUT2D eigenvalue weighted by Crippen LogP contribution is 2.25. The first-order chi connectivity index (χ1) is 10.8. The van der Waals surface area contributed by atoms with Gasteiger partial charge in [0, 0.05) is 19.1 Å². The number of hydrogen-bond acceptors (Lipinski definition) is 4. The minimum Gasteiger partial charge on any atom is -0.341 e. The van der Waals surface area contributed by atoms with Crippen LogP contribution < -0.4 is 11.1 Å². The number of hydrogen-bond donors (Lipinski definition) is 2. The smallest absolute Gasteiger partial charge is 0.325 e. The molecule has 24 heavy (non-hydrogen) atoms. The number of imide groups is 1. The maximum absolute atomic E-state index is 12.5. The zero-order chi connectivity index (χ0) is 17.2. The van der Waals surface area contributed by atoms with Gasteiger partial charge in [0.1, 0.15) is 12.1 Å². The van der Waals surface area contributed by atoms with Crippen LogP contribution in [0.1, 0.15) is 46.5 Å². The van der Waals surface area contributed by atoms with Gasteiger partial charge in [0.15, 0.2) is 0 Å². The van der Waals surface area contributed by atoms with Crippen LogP contribution in [0.5, 0.6) is 0 Å². The van der Waals surface area contributed by atoms with E-state index in [1.807, 2.05) is 20.8 Å². The van der Waals surface area contributed by atoms with Crippen molar-refractivity contribution in [3.8, 4) is 0 Å². The Kier molecular flexibility index (Phi) is 7.04. The summed E-state index contributed by atoms with van der Waals surface area (Å²) < 4.78 is 0. The molecule has 2 saturated heterocycles. The number of likely N-dealkylation sites (tertiary alicyclic amines) is 1. The van der Waals surface area contributed by atoms with Crippen LogP contribution in [-0.4, -0.2) is 58.9 Å². The van der Waals surface area contributed by atoms with E-state index in [-0.39, 0.29) is 42.7 Å². The molecule has 0 aromatic rings. The third-order valence-electron chi connectivity index (χ3n) is 5.30. The Hall–Kier alpha value is -1.34. The molecular weight excluding hydrogens is 332 g/mol. The van der Waals surface area contributed by atoms with Crippen molar-refractivity contribution >= 4 is 30.3 Å². The molecule has 7 nitrogen and oxygen atoms in total. The number of amides is 4. The van der Waals surface area contributed by atoms with E-state index < -0.39 is 11.6 Å². The van der Waals surface area contributed by atoms with Gasteiger partial charge in [0.05, 0.1) is 0 Å². The normalized spacial score (nSPS) is 24.4. The molecule has 2 atom stereocenters. The van der Waals surface area contributed by atoms with Crippen LogP contribution in [0.2, 0.25) is 0 Å². The van der Waals surface area contributed by atoms with Crippen LogP contribution in [0.25, 0.3) is 0 Å². The summed E-state index contributed by atoms with van der Waals surface area (Å²) in [5.41, 5.74) is 5.09. The van der Waals surface area contributed by atoms with Crippen LogP contribution in [0, 0.1) is 5.92 Å². The fourth-order valence-corrected chi connectivity index (χ4v) is 3.45. The second-order valence-corrected chi connectivity index (χ2v) is 6.71. The van der Waals surface area contributed by atoms with E-state index in [0.717, 1.165) is 17.7 Å². The number of nitrogens with zero attached hydrogens (tertiary/aromatic N) is 2. The Labute approximate surface area is 149 Å². The molecule has 0 aromatic heterocycles. The third kappa shape index (κ3) is 3.83. The standard InChI is InChI=1S/C16H28N4O3.ClH/c1-4-16(5-2)14(22)20(15(23)18-16)10-13(21)19-8-6-7-12(9-19)11(3)17;/h11-12H,4-10,17H2,1-3H3,(H,18,23);1H. The Morgan fingerprint density at radius 3 is 2.50 bits per heavy atom. The highest BCUT2D eigenvalue weighted by molar-refractivity contribution is 6.08. The van der Waals surface area contributed by atoms with Crippen molar-refractivity contribution in [1.82, 2.24) is 15.1 Å². The molecule has 2 rings (SSSR count). The van der Waals surface area contributed by atoms with Crippen molar-refractivity contribution in [3.63, 3.8) is 0 Å². The van der Waals surface area contributed by atoms with Crippen LogP contribution in [0.15, 0.2) is 0 Å². The van der Waals surface area contributed by atoms with E-state index in [1.54, 1.807) is 4.90 Å². The highest BCUT2D eigenvalue weighted by atomic mass is 35.5. The largest absolute Gasteiger partial charge is 0.341 e. The average Bonchev–Trinajstić information content (AvgIpc) is 2.79. The van der Waals surface area contributed by atoms with Crippen molar-refractivity contribution in [2.45, 2.75) is 58.0 Å². The van der Waals surface area contributed by atoms with Crippen molar-refractivity contribution in [2.24, 2.45) is 11.7 Å². The first-order valence-corrected chi connectivity index (χ1v) is 8.52. The molecule has 2 fully saturated rings. The Balaban J connectivity index is 0.00000288. The lowest BCUT2D eigenvalue weighted by Gasteiger charge is -2.35. The highest BCUT2D eigenvalue weighted by Gasteiger charge is 2.49. The Bertz CT molecular complexity index is 494. The van der Waals surface area contributed by atoms with Crippen molar-refractivity contribution < 1.29 is 14.4 Å². The van der Waals surface area contributed by atoms with Gasteiger partial charge in [-0.3, -0.25) is 14.5 Å². The van der Waals surface area contributed by atoms with Crippen LogP contribution in [0.4, 0.5) is 4.79 Å². The van der Waals surface area contributed by atoms with Gasteiger partial charge in [-0.15, -0.1) is 12.4 Å². The Morgan fingerprint density at radius 1 is 1.38 bits per heavy atom. The minimum atomic E-state index is -0.854. The number of carbonyl (C=O) groups excluding carboxylic acids is 3. The van der Waals surface area contributed by atoms with Gasteiger partial charge >= 0.3 is 6.03 Å². The summed E-state index contributed by atoms with van der Waals surface area (Å²) in [7, 11) is 0. The van der Waals surface area contributed by atoms with Gasteiger partial charge in [-0.25, -0.2) is 4.79 Å². The number of nitrogens with two attached hydrogens (primary N) is 1. The minimum absolute atomic E-state index is 0. The molecule has 8 heteroatoms. The molecule has 3 N–H and O–H groups in total. The zero-order valence-electron chi connectivity index (χ0n) is 14.7. The lowest BCUT2D eigenvalue weighted by atomic mass is 9.92. The second kappa shape index (κ2) is 8.16. The second-order valence-electron chi connectivity index (χ2n) is 6.71. The summed E-state index contributed by atoms with van der Waals surface area (Å²) in [4.78, 5) is 40.0. The summed E-state index contributed by atoms with van der Waals surface area (Å²) in [5.74, 6) is -0.190. The third-order valence-corrected chi connectivity index (χ3v) is 5.30. The summed E-state index contributed by atoms with van der Waals surface area (Å²) in [6.07, 6.45) is 2.97. The predicted molar refractivity (Wildman–Crippen MR) is 93.8 cm³/mol. The quantitative estimate of drug-likeness (QED) is 0.718. The molecule has 0 spiro atoms. The molecule has 0 saturated carbocycles. The van der Waals surface area contributed by atoms with Gasteiger partial charge in [0.25, 0.3) is 5.91 Å². The van der Waals surface area contributed by atoms with Gasteiger partial charge in [0.2, 0.25) is 5.91 Å². The molecule has 2 aliphatic heterocycles. The fraction of sp³-hybridized carbons (Fsp3) is 0.812. The van der Waals surface area contributed by atoms with E-state index in [1.165, 1.54) is 0 Å². The summed E-state index contributed by atoms with van der Waals surface area (Å²) in [6, 6.07) is -0.428. The predicted octanol–water partition coefficient (Wildman–Crippen LogP) is 1.10. The maximum atomic E-state index is 12.5. The van der Waals surface area contributed by atoms with Gasteiger partial charge < -0.3 is 16.0 Å². The van der Waals surface area contributed by atoms with Gasteiger partial charge in [-0.1, -0.05) is 13.8 Å². The van der Waals surface area contributed by atoms with E-state index in [4.69, 9.17) is 5.73 Å². The molecule has 138 valence electrons. The summed E-state index contributed by atoms with van der Waals surface area (Å²) in [6.45, 7) is 6.77. The number of urea groups is 1. The molecule has 0 bridgehead atoms. The summed E-state index contributed by atoms with van der Waals surface area (Å²) >= 11 is 0. The first kappa shape index (κ1) is 20.7. The lowest BCUT2D eigenvalue weighted by Crippen LogP contribution is -2.50. The fourth-order valence-electron chi connectivity index (χ4n) is 3.45. The molecule has 0 aromatic carbocycles. The first-order valence-electron chi connectivity index (χ1n) is 8.52. The number of carbonyl (C=O) groups is 3. The van der Waals surface area contributed by atoms with E-state index >= 15 is 0 Å². The number of nitrogens with one attached hydrogen (secondary N) is 1. The number of piperidine rings is 1. The van der Waals surface area contributed by atoms with E-state index in [9.17, 15) is 14.4 Å². The Morgan fingerprint density at radius 2 is 2.00 bits per heavy atom. The van der Waals surface area contributed by atoms with Crippen molar-refractivity contribution in [3.05, 3.63) is 0 Å². The summed E-state index contributed by atoms with van der Waals surface area (Å²) in [5, 5.41) is 2.75. The van der Waals surface area contributed by atoms with Crippen LogP contribution in [0.3, 0.4) is 0 Å². The monoisotopic (exact) mass is 360 g/mol. The molecule has 2 aliphatic rings. The van der Waals surface area contributed by atoms with E-state index in [2.05, 4.69) is 5.32 Å². The van der Waals surface area contributed by atoms with Gasteiger partial charge in [-0.2, -0.15) is 0 Å².